The summed E-state index contributed by atoms with van der Waals surface area (Å²) in [7, 11) is 0. The molecule has 0 aromatic carbocycles. The summed E-state index contributed by atoms with van der Waals surface area (Å²) in [4.78, 5) is 7.21. The molecule has 17 heavy (non-hydrogen) atoms. The summed E-state index contributed by atoms with van der Waals surface area (Å²) in [5.41, 5.74) is 1.38. The van der Waals surface area contributed by atoms with E-state index in [-0.39, 0.29) is 5.41 Å². The van der Waals surface area contributed by atoms with E-state index in [1.807, 2.05) is 0 Å². The van der Waals surface area contributed by atoms with Gasteiger partial charge in [0.15, 0.2) is 0 Å². The lowest BCUT2D eigenvalue weighted by Crippen LogP contribution is -2.26. The highest BCUT2D eigenvalue weighted by atomic mass is 79.9. The van der Waals surface area contributed by atoms with Crippen LogP contribution in [0, 0.1) is 0 Å². The molecule has 0 saturated heterocycles. The van der Waals surface area contributed by atoms with Crippen molar-refractivity contribution in [3.05, 3.63) is 16.1 Å². The molecule has 1 aromatic heterocycles. The first-order chi connectivity index (χ1) is 7.97. The van der Waals surface area contributed by atoms with Crippen molar-refractivity contribution in [2.45, 2.75) is 46.1 Å². The first-order valence-corrected chi connectivity index (χ1v) is 8.20. The van der Waals surface area contributed by atoms with E-state index in [0.717, 1.165) is 25.0 Å². The average molecular weight is 319 g/mol. The maximum Gasteiger partial charge on any atom is 0.107 e. The van der Waals surface area contributed by atoms with Gasteiger partial charge in [-0.15, -0.1) is 11.3 Å². The third-order valence-corrected chi connectivity index (χ3v) is 3.81. The van der Waals surface area contributed by atoms with Crippen molar-refractivity contribution in [3.8, 4) is 0 Å². The molecule has 2 nitrogen and oxygen atoms in total. The van der Waals surface area contributed by atoms with Gasteiger partial charge < -0.3 is 0 Å². The van der Waals surface area contributed by atoms with Gasteiger partial charge in [0.1, 0.15) is 5.01 Å². The number of alkyl halides is 1. The van der Waals surface area contributed by atoms with Crippen LogP contribution in [0.2, 0.25) is 0 Å². The van der Waals surface area contributed by atoms with E-state index in [1.165, 1.54) is 17.1 Å². The smallest absolute Gasteiger partial charge is 0.107 e. The van der Waals surface area contributed by atoms with Gasteiger partial charge in [0, 0.05) is 22.7 Å². The normalized spacial score (nSPS) is 12.4. The monoisotopic (exact) mass is 318 g/mol. The third kappa shape index (κ3) is 5.06. The molecule has 0 radical (unpaired) electrons. The number of aromatic nitrogens is 1. The summed E-state index contributed by atoms with van der Waals surface area (Å²) in [6, 6.07) is 0. The van der Waals surface area contributed by atoms with Crippen molar-refractivity contribution in [3.63, 3.8) is 0 Å². The molecule has 1 rings (SSSR count). The fourth-order valence-corrected chi connectivity index (χ4v) is 3.19. The Morgan fingerprint density at radius 3 is 2.53 bits per heavy atom. The molecule has 0 bridgehead atoms. The van der Waals surface area contributed by atoms with Gasteiger partial charge in [0.2, 0.25) is 0 Å². The number of halogens is 1. The highest BCUT2D eigenvalue weighted by Crippen LogP contribution is 2.24. The SMILES string of the molecule is CCCN(CCBr)Cc1nc(C(C)(C)C)cs1. The Hall–Kier alpha value is 0.0700. The number of hydrogen-bond acceptors (Lipinski definition) is 3. The molecule has 0 fully saturated rings. The summed E-state index contributed by atoms with van der Waals surface area (Å²) in [5, 5.41) is 4.47. The number of thiazole rings is 1. The van der Waals surface area contributed by atoms with Crippen LogP contribution in [-0.4, -0.2) is 28.3 Å². The Balaban J connectivity index is 2.63. The van der Waals surface area contributed by atoms with Crippen LogP contribution in [0.1, 0.15) is 44.8 Å². The molecule has 0 aliphatic rings. The van der Waals surface area contributed by atoms with Crippen molar-refractivity contribution in [1.29, 1.82) is 0 Å². The van der Waals surface area contributed by atoms with Gasteiger partial charge in [-0.25, -0.2) is 4.98 Å². The van der Waals surface area contributed by atoms with Gasteiger partial charge in [-0.1, -0.05) is 43.6 Å². The first kappa shape index (κ1) is 15.1. The van der Waals surface area contributed by atoms with Crippen LogP contribution in [0.5, 0.6) is 0 Å². The molecule has 0 saturated carbocycles. The van der Waals surface area contributed by atoms with E-state index in [9.17, 15) is 0 Å². The van der Waals surface area contributed by atoms with E-state index in [4.69, 9.17) is 4.98 Å². The molecule has 0 atom stereocenters. The Labute approximate surface area is 118 Å². The van der Waals surface area contributed by atoms with E-state index in [0.29, 0.717) is 0 Å². The molecule has 1 aromatic rings. The minimum absolute atomic E-state index is 0.166. The topological polar surface area (TPSA) is 16.1 Å². The lowest BCUT2D eigenvalue weighted by atomic mass is 9.93. The van der Waals surface area contributed by atoms with E-state index in [2.05, 4.69) is 53.9 Å². The summed E-state index contributed by atoms with van der Waals surface area (Å²) < 4.78 is 0. The Bertz CT molecular complexity index is 324. The maximum atomic E-state index is 4.75. The van der Waals surface area contributed by atoms with Gasteiger partial charge >= 0.3 is 0 Å². The number of nitrogens with zero attached hydrogens (tertiary/aromatic N) is 2. The predicted molar refractivity (Wildman–Crippen MR) is 80.2 cm³/mol. The van der Waals surface area contributed by atoms with E-state index >= 15 is 0 Å². The van der Waals surface area contributed by atoms with E-state index in [1.54, 1.807) is 11.3 Å². The van der Waals surface area contributed by atoms with Gasteiger partial charge in [-0.3, -0.25) is 4.90 Å². The summed E-state index contributed by atoms with van der Waals surface area (Å²) >= 11 is 5.30. The molecule has 4 heteroatoms. The van der Waals surface area contributed by atoms with Gasteiger partial charge in [-0.2, -0.15) is 0 Å². The molecule has 0 N–H and O–H groups in total. The van der Waals surface area contributed by atoms with Crippen molar-refractivity contribution in [2.24, 2.45) is 0 Å². The Morgan fingerprint density at radius 1 is 1.35 bits per heavy atom. The molecule has 1 heterocycles. The van der Waals surface area contributed by atoms with Crippen LogP contribution in [0.15, 0.2) is 5.38 Å². The van der Waals surface area contributed by atoms with Gasteiger partial charge in [-0.05, 0) is 13.0 Å². The Kier molecular flexibility index (Phi) is 6.10. The molecule has 0 unspecified atom stereocenters. The lowest BCUT2D eigenvalue weighted by Gasteiger charge is -2.19. The first-order valence-electron chi connectivity index (χ1n) is 6.20. The van der Waals surface area contributed by atoms with Crippen LogP contribution in [0.3, 0.4) is 0 Å². The quantitative estimate of drug-likeness (QED) is 0.736. The summed E-state index contributed by atoms with van der Waals surface area (Å²) in [5.74, 6) is 0. The molecule has 98 valence electrons. The minimum atomic E-state index is 0.166. The van der Waals surface area contributed by atoms with Gasteiger partial charge in [0.05, 0.1) is 12.2 Å². The zero-order valence-corrected chi connectivity index (χ0v) is 13.7. The number of rotatable bonds is 6. The fourth-order valence-electron chi connectivity index (χ4n) is 1.62. The largest absolute Gasteiger partial charge is 0.296 e. The second-order valence-electron chi connectivity index (χ2n) is 5.34. The molecular weight excluding hydrogens is 296 g/mol. The van der Waals surface area contributed by atoms with Crippen LogP contribution < -0.4 is 0 Å². The fraction of sp³-hybridized carbons (Fsp3) is 0.769. The molecule has 0 spiro atoms. The van der Waals surface area contributed by atoms with Crippen LogP contribution in [0.4, 0.5) is 0 Å². The van der Waals surface area contributed by atoms with Crippen molar-refractivity contribution < 1.29 is 0 Å². The van der Waals surface area contributed by atoms with Crippen molar-refractivity contribution in [2.75, 3.05) is 18.4 Å². The molecule has 0 aliphatic carbocycles. The number of hydrogen-bond donors (Lipinski definition) is 0. The summed E-state index contributed by atoms with van der Waals surface area (Å²) in [6.45, 7) is 12.1. The predicted octanol–water partition coefficient (Wildman–Crippen LogP) is 4.05. The lowest BCUT2D eigenvalue weighted by molar-refractivity contribution is 0.283. The second-order valence-corrected chi connectivity index (χ2v) is 7.08. The van der Waals surface area contributed by atoms with Gasteiger partial charge in [0.25, 0.3) is 0 Å². The maximum absolute atomic E-state index is 4.75. The summed E-state index contributed by atoms with van der Waals surface area (Å²) in [6.07, 6.45) is 1.20. The highest BCUT2D eigenvalue weighted by Gasteiger charge is 2.18. The van der Waals surface area contributed by atoms with Crippen molar-refractivity contribution in [1.82, 2.24) is 9.88 Å². The standard InChI is InChI=1S/C13H23BrN2S/c1-5-7-16(8-6-14)9-12-15-11(10-17-12)13(2,3)4/h10H,5-9H2,1-4H3. The third-order valence-electron chi connectivity index (χ3n) is 2.62. The minimum Gasteiger partial charge on any atom is -0.296 e. The van der Waals surface area contributed by atoms with Crippen molar-refractivity contribution >= 4 is 27.3 Å². The zero-order valence-electron chi connectivity index (χ0n) is 11.3. The van der Waals surface area contributed by atoms with E-state index < -0.39 is 0 Å². The second kappa shape index (κ2) is 6.86. The molecule has 0 aliphatic heterocycles. The highest BCUT2D eigenvalue weighted by molar-refractivity contribution is 9.09. The zero-order chi connectivity index (χ0) is 12.9. The van der Waals surface area contributed by atoms with Crippen LogP contribution in [-0.2, 0) is 12.0 Å². The average Bonchev–Trinajstić information content (AvgIpc) is 2.66. The molecule has 0 amide bonds. The van der Waals surface area contributed by atoms with Crippen LogP contribution in [0.25, 0.3) is 0 Å². The molecular formula is C13H23BrN2S. The Morgan fingerprint density at radius 2 is 2.06 bits per heavy atom. The van der Waals surface area contributed by atoms with Crippen LogP contribution >= 0.6 is 27.3 Å².